The molecule has 0 aromatic heterocycles. The number of nitrogen functional groups attached to an aromatic ring is 1. The molecule has 0 saturated heterocycles. The van der Waals surface area contributed by atoms with Crippen LogP contribution in [0.25, 0.3) is 0 Å². The number of nitrogens with two attached hydrogens (primary N) is 1. The molecular weight excluding hydrogens is 285 g/mol. The van der Waals surface area contributed by atoms with E-state index >= 15 is 0 Å². The molecule has 0 amide bonds. The number of hydrogen-bond donors (Lipinski definition) is 1. The van der Waals surface area contributed by atoms with Gasteiger partial charge in [0.05, 0.1) is 10.2 Å². The third kappa shape index (κ3) is 2.97. The van der Waals surface area contributed by atoms with Gasteiger partial charge in [0.25, 0.3) is 0 Å². The first-order valence-corrected chi connectivity index (χ1v) is 5.87. The standard InChI is InChI=1S/C13H11BrFNO/c14-13-11(16)6-10(15)7-12(13)17-8-9-4-2-1-3-5-9/h1-7H,8,16H2. The van der Waals surface area contributed by atoms with Gasteiger partial charge < -0.3 is 10.5 Å². The zero-order valence-corrected chi connectivity index (χ0v) is 10.6. The third-order valence-corrected chi connectivity index (χ3v) is 3.12. The Morgan fingerprint density at radius 3 is 2.59 bits per heavy atom. The summed E-state index contributed by atoms with van der Waals surface area (Å²) < 4.78 is 19.2. The molecule has 0 aliphatic heterocycles. The van der Waals surface area contributed by atoms with Crippen LogP contribution in [-0.2, 0) is 6.61 Å². The van der Waals surface area contributed by atoms with Crippen molar-refractivity contribution in [2.45, 2.75) is 6.61 Å². The molecule has 17 heavy (non-hydrogen) atoms. The Balaban J connectivity index is 2.14. The second-order valence-corrected chi connectivity index (χ2v) is 4.37. The molecule has 0 heterocycles. The Hall–Kier alpha value is -1.55. The zero-order valence-electron chi connectivity index (χ0n) is 8.99. The van der Waals surface area contributed by atoms with Crippen molar-refractivity contribution in [3.63, 3.8) is 0 Å². The lowest BCUT2D eigenvalue weighted by Gasteiger charge is -2.10. The summed E-state index contributed by atoms with van der Waals surface area (Å²) in [6.07, 6.45) is 0. The summed E-state index contributed by atoms with van der Waals surface area (Å²) in [6, 6.07) is 12.2. The van der Waals surface area contributed by atoms with E-state index in [1.165, 1.54) is 12.1 Å². The number of anilines is 1. The van der Waals surface area contributed by atoms with Gasteiger partial charge in [-0.3, -0.25) is 0 Å². The predicted octanol–water partition coefficient (Wildman–Crippen LogP) is 3.75. The first kappa shape index (κ1) is 11.9. The molecule has 0 atom stereocenters. The number of halogens is 2. The molecule has 0 spiro atoms. The molecule has 2 nitrogen and oxygen atoms in total. The maximum atomic E-state index is 13.2. The summed E-state index contributed by atoms with van der Waals surface area (Å²) in [7, 11) is 0. The molecule has 2 rings (SSSR count). The lowest BCUT2D eigenvalue weighted by atomic mass is 10.2. The molecule has 0 saturated carbocycles. The van der Waals surface area contributed by atoms with Crippen molar-refractivity contribution in [2.75, 3.05) is 5.73 Å². The van der Waals surface area contributed by atoms with Gasteiger partial charge in [-0.05, 0) is 27.6 Å². The fourth-order valence-electron chi connectivity index (χ4n) is 1.42. The van der Waals surface area contributed by atoms with E-state index in [-0.39, 0.29) is 0 Å². The van der Waals surface area contributed by atoms with E-state index in [1.807, 2.05) is 30.3 Å². The minimum absolute atomic E-state index is 0.327. The normalized spacial score (nSPS) is 10.2. The summed E-state index contributed by atoms with van der Waals surface area (Å²) in [6.45, 7) is 0.377. The zero-order chi connectivity index (χ0) is 12.3. The van der Waals surface area contributed by atoms with Gasteiger partial charge in [0.15, 0.2) is 0 Å². The molecule has 4 heteroatoms. The van der Waals surface area contributed by atoms with Gasteiger partial charge in [-0.2, -0.15) is 0 Å². The Morgan fingerprint density at radius 2 is 1.88 bits per heavy atom. The van der Waals surface area contributed by atoms with Crippen molar-refractivity contribution in [3.8, 4) is 5.75 Å². The van der Waals surface area contributed by atoms with E-state index in [4.69, 9.17) is 10.5 Å². The van der Waals surface area contributed by atoms with Crippen LogP contribution in [0.4, 0.5) is 10.1 Å². The van der Waals surface area contributed by atoms with E-state index in [1.54, 1.807) is 0 Å². The van der Waals surface area contributed by atoms with Crippen LogP contribution in [0.2, 0.25) is 0 Å². The van der Waals surface area contributed by atoms with Gasteiger partial charge in [0.1, 0.15) is 18.2 Å². The average Bonchev–Trinajstić information content (AvgIpc) is 2.33. The molecule has 88 valence electrons. The molecular formula is C13H11BrFNO. The summed E-state index contributed by atoms with van der Waals surface area (Å²) in [5.41, 5.74) is 6.97. The Labute approximate surface area is 107 Å². The SMILES string of the molecule is Nc1cc(F)cc(OCc2ccccc2)c1Br. The van der Waals surface area contributed by atoms with E-state index in [0.717, 1.165) is 5.56 Å². The van der Waals surface area contributed by atoms with Gasteiger partial charge in [0, 0.05) is 6.07 Å². The van der Waals surface area contributed by atoms with E-state index in [2.05, 4.69) is 15.9 Å². The van der Waals surface area contributed by atoms with Gasteiger partial charge in [-0.1, -0.05) is 30.3 Å². The second kappa shape index (κ2) is 5.19. The highest BCUT2D eigenvalue weighted by Crippen LogP contribution is 2.32. The van der Waals surface area contributed by atoms with Crippen molar-refractivity contribution in [1.29, 1.82) is 0 Å². The van der Waals surface area contributed by atoms with Crippen LogP contribution in [-0.4, -0.2) is 0 Å². The molecule has 0 aliphatic rings. The summed E-state index contributed by atoms with van der Waals surface area (Å²) in [5, 5.41) is 0. The molecule has 0 unspecified atom stereocenters. The topological polar surface area (TPSA) is 35.2 Å². The Morgan fingerprint density at radius 1 is 1.18 bits per heavy atom. The van der Waals surface area contributed by atoms with Crippen molar-refractivity contribution in [2.24, 2.45) is 0 Å². The van der Waals surface area contributed by atoms with Gasteiger partial charge >= 0.3 is 0 Å². The Kier molecular flexibility index (Phi) is 3.64. The van der Waals surface area contributed by atoms with Crippen LogP contribution in [0.5, 0.6) is 5.75 Å². The van der Waals surface area contributed by atoms with Gasteiger partial charge in [-0.25, -0.2) is 4.39 Å². The number of ether oxygens (including phenoxy) is 1. The van der Waals surface area contributed by atoms with Crippen LogP contribution >= 0.6 is 15.9 Å². The number of rotatable bonds is 3. The molecule has 0 fully saturated rings. The smallest absolute Gasteiger partial charge is 0.139 e. The maximum Gasteiger partial charge on any atom is 0.139 e. The molecule has 0 aliphatic carbocycles. The fourth-order valence-corrected chi connectivity index (χ4v) is 1.77. The lowest BCUT2D eigenvalue weighted by Crippen LogP contribution is -1.98. The minimum atomic E-state index is -0.409. The van der Waals surface area contributed by atoms with E-state index < -0.39 is 5.82 Å². The van der Waals surface area contributed by atoms with Crippen LogP contribution in [0.1, 0.15) is 5.56 Å². The summed E-state index contributed by atoms with van der Waals surface area (Å²) in [5.74, 6) is 0.000106. The largest absolute Gasteiger partial charge is 0.488 e. The minimum Gasteiger partial charge on any atom is -0.488 e. The fraction of sp³-hybridized carbons (Fsp3) is 0.0769. The van der Waals surface area contributed by atoms with Crippen molar-refractivity contribution in [1.82, 2.24) is 0 Å². The number of hydrogen-bond acceptors (Lipinski definition) is 2. The summed E-state index contributed by atoms with van der Waals surface area (Å²) in [4.78, 5) is 0. The molecule has 0 radical (unpaired) electrons. The van der Waals surface area contributed by atoms with Crippen LogP contribution in [0, 0.1) is 5.82 Å². The van der Waals surface area contributed by atoms with Gasteiger partial charge in [0.2, 0.25) is 0 Å². The molecule has 0 bridgehead atoms. The average molecular weight is 296 g/mol. The molecule has 2 aromatic rings. The highest BCUT2D eigenvalue weighted by atomic mass is 79.9. The quantitative estimate of drug-likeness (QED) is 0.875. The van der Waals surface area contributed by atoms with Crippen LogP contribution in [0.15, 0.2) is 46.9 Å². The lowest BCUT2D eigenvalue weighted by molar-refractivity contribution is 0.303. The molecule has 2 N–H and O–H groups in total. The van der Waals surface area contributed by atoms with Crippen molar-refractivity contribution < 1.29 is 9.13 Å². The summed E-state index contributed by atoms with van der Waals surface area (Å²) >= 11 is 3.27. The third-order valence-electron chi connectivity index (χ3n) is 2.27. The monoisotopic (exact) mass is 295 g/mol. The first-order chi connectivity index (χ1) is 8.16. The van der Waals surface area contributed by atoms with Gasteiger partial charge in [-0.15, -0.1) is 0 Å². The maximum absolute atomic E-state index is 13.2. The highest BCUT2D eigenvalue weighted by molar-refractivity contribution is 9.10. The highest BCUT2D eigenvalue weighted by Gasteiger charge is 2.07. The van der Waals surface area contributed by atoms with Crippen LogP contribution < -0.4 is 10.5 Å². The number of benzene rings is 2. The van der Waals surface area contributed by atoms with E-state index in [9.17, 15) is 4.39 Å². The second-order valence-electron chi connectivity index (χ2n) is 3.58. The van der Waals surface area contributed by atoms with Crippen molar-refractivity contribution in [3.05, 3.63) is 58.3 Å². The first-order valence-electron chi connectivity index (χ1n) is 5.08. The van der Waals surface area contributed by atoms with E-state index in [0.29, 0.717) is 22.5 Å². The van der Waals surface area contributed by atoms with Crippen molar-refractivity contribution >= 4 is 21.6 Å². The molecule has 2 aromatic carbocycles. The predicted molar refractivity (Wildman–Crippen MR) is 69.3 cm³/mol. The Bertz CT molecular complexity index is 516. The van der Waals surface area contributed by atoms with Crippen LogP contribution in [0.3, 0.4) is 0 Å².